The maximum Gasteiger partial charge on any atom is 0.268 e. The van der Waals surface area contributed by atoms with Gasteiger partial charge in [-0.3, -0.25) is 4.79 Å². The van der Waals surface area contributed by atoms with Crippen molar-refractivity contribution in [1.82, 2.24) is 14.6 Å². The Morgan fingerprint density at radius 2 is 2.00 bits per heavy atom. The Bertz CT molecular complexity index is 812. The number of carbonyl (C=O) groups is 1. The van der Waals surface area contributed by atoms with E-state index in [9.17, 15) is 13.2 Å². The molecule has 8 heteroatoms. The van der Waals surface area contributed by atoms with Crippen LogP contribution < -0.4 is 14.8 Å². The predicted molar refractivity (Wildman–Crippen MR) is 85.8 cm³/mol. The van der Waals surface area contributed by atoms with Crippen LogP contribution in [0.4, 0.5) is 0 Å². The summed E-state index contributed by atoms with van der Waals surface area (Å²) < 4.78 is 32.5. The van der Waals surface area contributed by atoms with Crippen molar-refractivity contribution in [2.75, 3.05) is 14.2 Å². The topological polar surface area (TPSA) is 89.4 Å². The molecule has 0 spiro atoms. The normalized spacial score (nSPS) is 11.3. The lowest BCUT2D eigenvalue weighted by Crippen LogP contribution is -2.25. The van der Waals surface area contributed by atoms with Crippen LogP contribution in [0.1, 0.15) is 16.1 Å². The van der Waals surface area contributed by atoms with E-state index in [1.54, 1.807) is 14.2 Å². The van der Waals surface area contributed by atoms with Crippen molar-refractivity contribution in [2.24, 2.45) is 7.05 Å². The lowest BCUT2D eigenvalue weighted by Gasteiger charge is -2.09. The third-order valence-corrected chi connectivity index (χ3v) is 4.80. The van der Waals surface area contributed by atoms with E-state index in [0.717, 1.165) is 5.56 Å². The van der Waals surface area contributed by atoms with Gasteiger partial charge in [0.2, 0.25) is 10.0 Å². The molecule has 1 amide bonds. The molecule has 1 aromatic carbocycles. The average molecular weight is 337 g/mol. The molecule has 1 aromatic heterocycles. The van der Waals surface area contributed by atoms with E-state index in [1.165, 1.54) is 23.9 Å². The largest absolute Gasteiger partial charge is 0.496 e. The molecule has 124 valence electrons. The molecule has 2 N–H and O–H groups in total. The summed E-state index contributed by atoms with van der Waals surface area (Å²) in [5.41, 5.74) is 1.09. The van der Waals surface area contributed by atoms with Crippen LogP contribution in [0, 0.1) is 0 Å². The Kier molecular flexibility index (Phi) is 5.07. The fraction of sp³-hybridized carbons (Fsp3) is 0.267. The molecule has 0 aliphatic carbocycles. The van der Waals surface area contributed by atoms with Crippen LogP contribution in [0.15, 0.2) is 41.4 Å². The van der Waals surface area contributed by atoms with Crippen LogP contribution in [0.3, 0.4) is 0 Å². The van der Waals surface area contributed by atoms with E-state index in [0.29, 0.717) is 5.75 Å². The minimum absolute atomic E-state index is 0.0462. The van der Waals surface area contributed by atoms with Gasteiger partial charge in [-0.1, -0.05) is 18.2 Å². The number of hydrogen-bond donors (Lipinski definition) is 2. The number of rotatable bonds is 6. The first-order valence-electron chi connectivity index (χ1n) is 6.89. The fourth-order valence-corrected chi connectivity index (χ4v) is 2.94. The molecule has 0 fully saturated rings. The molecular formula is C15H19N3O4S. The molecule has 0 aliphatic heterocycles. The third kappa shape index (κ3) is 3.72. The molecule has 0 saturated heterocycles. The molecule has 0 aliphatic rings. The van der Waals surface area contributed by atoms with Crippen molar-refractivity contribution >= 4 is 15.9 Å². The molecule has 1 heterocycles. The molecule has 0 radical (unpaired) electrons. The molecule has 2 rings (SSSR count). The Labute approximate surface area is 135 Å². The van der Waals surface area contributed by atoms with Gasteiger partial charge in [-0.2, -0.15) is 0 Å². The Morgan fingerprint density at radius 1 is 1.30 bits per heavy atom. The number of nitrogens with one attached hydrogen (secondary N) is 2. The highest BCUT2D eigenvalue weighted by Gasteiger charge is 2.19. The quantitative estimate of drug-likeness (QED) is 0.818. The van der Waals surface area contributed by atoms with E-state index in [2.05, 4.69) is 10.0 Å². The van der Waals surface area contributed by atoms with Gasteiger partial charge in [-0.05, 0) is 19.2 Å². The molecule has 0 unspecified atom stereocenters. The van der Waals surface area contributed by atoms with E-state index in [4.69, 9.17) is 4.74 Å². The van der Waals surface area contributed by atoms with Crippen molar-refractivity contribution in [3.8, 4) is 5.75 Å². The molecule has 2 aromatic rings. The molecular weight excluding hydrogens is 318 g/mol. The second-order valence-corrected chi connectivity index (χ2v) is 6.76. The van der Waals surface area contributed by atoms with Crippen LogP contribution in [-0.2, 0) is 23.6 Å². The number of para-hydroxylation sites is 1. The highest BCUT2D eigenvalue weighted by atomic mass is 32.2. The molecule has 0 saturated carbocycles. The number of nitrogens with zero attached hydrogens (tertiary/aromatic N) is 1. The number of aryl methyl sites for hydroxylation is 1. The Morgan fingerprint density at radius 3 is 2.65 bits per heavy atom. The first-order chi connectivity index (χ1) is 10.9. The highest BCUT2D eigenvalue weighted by Crippen LogP contribution is 2.17. The standard InChI is InChI=1S/C15H19N3O4S/c1-16-23(20,21)12-8-13(18(2)10-12)15(19)17-9-11-6-4-5-7-14(11)22-3/h4-8,10,16H,9H2,1-3H3,(H,17,19). The molecule has 7 nitrogen and oxygen atoms in total. The summed E-state index contributed by atoms with van der Waals surface area (Å²) in [5, 5.41) is 2.76. The van der Waals surface area contributed by atoms with Gasteiger partial charge in [0.05, 0.1) is 7.11 Å². The van der Waals surface area contributed by atoms with Gasteiger partial charge in [0.15, 0.2) is 0 Å². The smallest absolute Gasteiger partial charge is 0.268 e. The van der Waals surface area contributed by atoms with Gasteiger partial charge in [0.25, 0.3) is 5.91 Å². The van der Waals surface area contributed by atoms with E-state index < -0.39 is 10.0 Å². The van der Waals surface area contributed by atoms with Crippen LogP contribution in [0.25, 0.3) is 0 Å². The SMILES string of the molecule is CNS(=O)(=O)c1cc(C(=O)NCc2ccccc2OC)n(C)c1. The Balaban J connectivity index is 2.16. The second kappa shape index (κ2) is 6.84. The predicted octanol–water partition coefficient (Wildman–Crippen LogP) is 0.872. The van der Waals surface area contributed by atoms with Crippen molar-refractivity contribution < 1.29 is 17.9 Å². The van der Waals surface area contributed by atoms with E-state index in [1.807, 2.05) is 24.3 Å². The van der Waals surface area contributed by atoms with Gasteiger partial charge in [0.1, 0.15) is 16.3 Å². The summed E-state index contributed by atoms with van der Waals surface area (Å²) in [6.07, 6.45) is 1.39. The average Bonchev–Trinajstić information content (AvgIpc) is 2.95. The van der Waals surface area contributed by atoms with Gasteiger partial charge >= 0.3 is 0 Å². The van der Waals surface area contributed by atoms with Crippen molar-refractivity contribution in [2.45, 2.75) is 11.4 Å². The highest BCUT2D eigenvalue weighted by molar-refractivity contribution is 7.89. The summed E-state index contributed by atoms with van der Waals surface area (Å²) in [4.78, 5) is 12.3. The van der Waals surface area contributed by atoms with Gasteiger partial charge in [-0.15, -0.1) is 0 Å². The number of ether oxygens (including phenoxy) is 1. The van der Waals surface area contributed by atoms with Gasteiger partial charge in [0, 0.05) is 25.4 Å². The minimum Gasteiger partial charge on any atom is -0.496 e. The van der Waals surface area contributed by atoms with E-state index in [-0.39, 0.29) is 23.0 Å². The first kappa shape index (κ1) is 17.0. The summed E-state index contributed by atoms with van der Waals surface area (Å²) in [7, 11) is 0.921. The summed E-state index contributed by atoms with van der Waals surface area (Å²) >= 11 is 0. The lowest BCUT2D eigenvalue weighted by molar-refractivity contribution is 0.0942. The maximum absolute atomic E-state index is 12.3. The maximum atomic E-state index is 12.3. The van der Waals surface area contributed by atoms with Crippen molar-refractivity contribution in [1.29, 1.82) is 0 Å². The van der Waals surface area contributed by atoms with E-state index >= 15 is 0 Å². The van der Waals surface area contributed by atoms with Gasteiger partial charge in [-0.25, -0.2) is 13.1 Å². The number of hydrogen-bond acceptors (Lipinski definition) is 4. The zero-order valence-electron chi connectivity index (χ0n) is 13.2. The second-order valence-electron chi connectivity index (χ2n) is 4.87. The van der Waals surface area contributed by atoms with Gasteiger partial charge < -0.3 is 14.6 Å². The Hall–Kier alpha value is -2.32. The van der Waals surface area contributed by atoms with Crippen LogP contribution in [0.2, 0.25) is 0 Å². The van der Waals surface area contributed by atoms with Crippen LogP contribution in [-0.4, -0.2) is 33.0 Å². The van der Waals surface area contributed by atoms with Crippen LogP contribution >= 0.6 is 0 Å². The summed E-state index contributed by atoms with van der Waals surface area (Å²) in [6, 6.07) is 8.69. The lowest BCUT2D eigenvalue weighted by atomic mass is 10.2. The summed E-state index contributed by atoms with van der Waals surface area (Å²) in [5.74, 6) is 0.314. The van der Waals surface area contributed by atoms with Crippen molar-refractivity contribution in [3.05, 3.63) is 47.8 Å². The third-order valence-electron chi connectivity index (χ3n) is 3.42. The van der Waals surface area contributed by atoms with Crippen LogP contribution in [0.5, 0.6) is 5.75 Å². The minimum atomic E-state index is -3.58. The van der Waals surface area contributed by atoms with Crippen molar-refractivity contribution in [3.63, 3.8) is 0 Å². The fourth-order valence-electron chi connectivity index (χ4n) is 2.14. The molecule has 23 heavy (non-hydrogen) atoms. The molecule has 0 atom stereocenters. The first-order valence-corrected chi connectivity index (χ1v) is 8.37. The number of sulfonamides is 1. The zero-order chi connectivity index (χ0) is 17.0. The number of aromatic nitrogens is 1. The number of methoxy groups -OCH3 is 1. The molecule has 0 bridgehead atoms. The number of amides is 1. The monoisotopic (exact) mass is 337 g/mol. The summed E-state index contributed by atoms with van der Waals surface area (Å²) in [6.45, 7) is 0.280. The zero-order valence-corrected chi connectivity index (χ0v) is 14.0. The number of benzene rings is 1. The number of carbonyl (C=O) groups excluding carboxylic acids is 1.